The Kier molecular flexibility index (Phi) is 7.14. The van der Waals surface area contributed by atoms with Crippen LogP contribution in [0.3, 0.4) is 0 Å². The summed E-state index contributed by atoms with van der Waals surface area (Å²) in [6, 6.07) is 0. The number of halogens is 1. The van der Waals surface area contributed by atoms with E-state index in [-0.39, 0.29) is 11.2 Å². The van der Waals surface area contributed by atoms with Gasteiger partial charge in [-0.05, 0) is 24.7 Å². The molecule has 1 atom stereocenters. The number of hydrogen-bond donors (Lipinski definition) is 1. The van der Waals surface area contributed by atoms with Crippen LogP contribution in [0.2, 0.25) is 0 Å². The molecule has 0 amide bonds. The maximum atomic E-state index is 11.6. The van der Waals surface area contributed by atoms with Gasteiger partial charge in [0.1, 0.15) is 0 Å². The van der Waals surface area contributed by atoms with Gasteiger partial charge in [-0.1, -0.05) is 43.6 Å². The number of rotatable bonds is 7. The van der Waals surface area contributed by atoms with Crippen LogP contribution in [0.1, 0.15) is 47.0 Å². The summed E-state index contributed by atoms with van der Waals surface area (Å²) in [6.07, 6.45) is 2.54. The third-order valence-electron chi connectivity index (χ3n) is 2.34. The van der Waals surface area contributed by atoms with Gasteiger partial charge in [0.05, 0.1) is 5.75 Å². The van der Waals surface area contributed by atoms with Crippen molar-refractivity contribution in [3.63, 3.8) is 0 Å². The zero-order valence-corrected chi connectivity index (χ0v) is 13.1. The molecule has 0 fully saturated rings. The summed E-state index contributed by atoms with van der Waals surface area (Å²) >= 11 is 3.48. The fourth-order valence-electron chi connectivity index (χ4n) is 1.09. The molecule has 0 aromatic rings. The normalized spacial score (nSPS) is 15.1. The first-order chi connectivity index (χ1) is 7.16. The Balaban J connectivity index is 3.89. The summed E-state index contributed by atoms with van der Waals surface area (Å²) in [5, 5.41) is 0. The average molecular weight is 314 g/mol. The van der Waals surface area contributed by atoms with Gasteiger partial charge in [0.15, 0.2) is 0 Å². The second-order valence-electron chi connectivity index (χ2n) is 5.32. The summed E-state index contributed by atoms with van der Waals surface area (Å²) in [4.78, 5) is 0.401. The molecule has 0 radical (unpaired) electrons. The highest BCUT2D eigenvalue weighted by Crippen LogP contribution is 2.18. The number of alkyl halides is 1. The zero-order valence-electron chi connectivity index (χ0n) is 10.7. The SMILES string of the molecule is CCC(Br)CCNS(=O)(=O)CCC(C)(C)C. The van der Waals surface area contributed by atoms with Crippen molar-refractivity contribution in [1.82, 2.24) is 4.72 Å². The topological polar surface area (TPSA) is 46.2 Å². The Morgan fingerprint density at radius 3 is 2.31 bits per heavy atom. The Hall–Kier alpha value is 0.390. The molecule has 0 rings (SSSR count). The van der Waals surface area contributed by atoms with Crippen molar-refractivity contribution in [1.29, 1.82) is 0 Å². The van der Waals surface area contributed by atoms with Crippen molar-refractivity contribution in [3.8, 4) is 0 Å². The second-order valence-corrected chi connectivity index (χ2v) is 8.54. The lowest BCUT2D eigenvalue weighted by Crippen LogP contribution is -2.30. The molecule has 3 nitrogen and oxygen atoms in total. The van der Waals surface area contributed by atoms with Crippen LogP contribution in [0, 0.1) is 5.41 Å². The van der Waals surface area contributed by atoms with Crippen LogP contribution in [0.15, 0.2) is 0 Å². The lowest BCUT2D eigenvalue weighted by atomic mass is 9.94. The van der Waals surface area contributed by atoms with E-state index in [1.807, 2.05) is 20.8 Å². The molecule has 0 heterocycles. The number of hydrogen-bond acceptors (Lipinski definition) is 2. The molecule has 0 bridgehead atoms. The first-order valence-corrected chi connectivity index (χ1v) is 8.34. The Morgan fingerprint density at radius 1 is 1.31 bits per heavy atom. The van der Waals surface area contributed by atoms with Crippen LogP contribution in [0.5, 0.6) is 0 Å². The minimum Gasteiger partial charge on any atom is -0.215 e. The van der Waals surface area contributed by atoms with Crippen molar-refractivity contribution < 1.29 is 8.42 Å². The van der Waals surface area contributed by atoms with Gasteiger partial charge in [0.2, 0.25) is 10.0 Å². The molecule has 98 valence electrons. The Labute approximate surface area is 109 Å². The quantitative estimate of drug-likeness (QED) is 0.735. The van der Waals surface area contributed by atoms with Gasteiger partial charge in [-0.2, -0.15) is 0 Å². The minimum absolute atomic E-state index is 0.0656. The van der Waals surface area contributed by atoms with Crippen molar-refractivity contribution >= 4 is 26.0 Å². The maximum absolute atomic E-state index is 11.6. The minimum atomic E-state index is -3.09. The van der Waals surface area contributed by atoms with E-state index in [0.29, 0.717) is 17.8 Å². The number of nitrogens with one attached hydrogen (secondary N) is 1. The highest BCUT2D eigenvalue weighted by Gasteiger charge is 2.17. The fourth-order valence-corrected chi connectivity index (χ4v) is 2.77. The van der Waals surface area contributed by atoms with E-state index in [2.05, 4.69) is 27.6 Å². The predicted molar refractivity (Wildman–Crippen MR) is 73.5 cm³/mol. The van der Waals surface area contributed by atoms with Crippen molar-refractivity contribution in [2.75, 3.05) is 12.3 Å². The molecule has 0 spiro atoms. The molecule has 1 unspecified atom stereocenters. The monoisotopic (exact) mass is 313 g/mol. The van der Waals surface area contributed by atoms with Crippen LogP contribution in [-0.4, -0.2) is 25.5 Å². The molecule has 16 heavy (non-hydrogen) atoms. The largest absolute Gasteiger partial charge is 0.215 e. The van der Waals surface area contributed by atoms with E-state index in [1.54, 1.807) is 0 Å². The van der Waals surface area contributed by atoms with Gasteiger partial charge in [-0.15, -0.1) is 0 Å². The zero-order chi connectivity index (χ0) is 12.8. The molecule has 0 aliphatic heterocycles. The lowest BCUT2D eigenvalue weighted by molar-refractivity contribution is 0.396. The molecule has 0 aromatic carbocycles. The van der Waals surface area contributed by atoms with Gasteiger partial charge in [0, 0.05) is 11.4 Å². The van der Waals surface area contributed by atoms with Crippen LogP contribution >= 0.6 is 15.9 Å². The van der Waals surface area contributed by atoms with Crippen molar-refractivity contribution in [3.05, 3.63) is 0 Å². The van der Waals surface area contributed by atoms with E-state index < -0.39 is 10.0 Å². The molecule has 0 aliphatic carbocycles. The van der Waals surface area contributed by atoms with Crippen LogP contribution < -0.4 is 4.72 Å². The van der Waals surface area contributed by atoms with Crippen LogP contribution in [0.4, 0.5) is 0 Å². The van der Waals surface area contributed by atoms with E-state index in [4.69, 9.17) is 0 Å². The third kappa shape index (κ3) is 9.60. The van der Waals surface area contributed by atoms with Gasteiger partial charge in [0.25, 0.3) is 0 Å². The summed E-state index contributed by atoms with van der Waals surface area (Å²) in [5.41, 5.74) is 0.0656. The van der Waals surface area contributed by atoms with Crippen molar-refractivity contribution in [2.24, 2.45) is 5.41 Å². The molecular formula is C11H24BrNO2S. The molecule has 0 saturated heterocycles. The van der Waals surface area contributed by atoms with E-state index in [0.717, 1.165) is 12.8 Å². The van der Waals surface area contributed by atoms with E-state index in [1.165, 1.54) is 0 Å². The summed E-state index contributed by atoms with van der Waals surface area (Å²) in [7, 11) is -3.09. The second kappa shape index (κ2) is 6.97. The smallest absolute Gasteiger partial charge is 0.211 e. The summed E-state index contributed by atoms with van der Waals surface area (Å²) < 4.78 is 25.9. The first kappa shape index (κ1) is 16.4. The standard InChI is InChI=1S/C11H24BrNO2S/c1-5-10(12)6-8-13-16(14,15)9-7-11(2,3)4/h10,13H,5-9H2,1-4H3. The highest BCUT2D eigenvalue weighted by molar-refractivity contribution is 9.09. The average Bonchev–Trinajstić information content (AvgIpc) is 2.13. The highest BCUT2D eigenvalue weighted by atomic mass is 79.9. The van der Waals surface area contributed by atoms with Crippen molar-refractivity contribution in [2.45, 2.75) is 51.8 Å². The van der Waals surface area contributed by atoms with Gasteiger partial charge < -0.3 is 0 Å². The fraction of sp³-hybridized carbons (Fsp3) is 1.00. The molecule has 0 aromatic heterocycles. The molecular weight excluding hydrogens is 290 g/mol. The Morgan fingerprint density at radius 2 is 1.88 bits per heavy atom. The molecule has 0 saturated carbocycles. The lowest BCUT2D eigenvalue weighted by Gasteiger charge is -2.18. The molecule has 5 heteroatoms. The first-order valence-electron chi connectivity index (χ1n) is 5.78. The van der Waals surface area contributed by atoms with E-state index in [9.17, 15) is 8.42 Å². The maximum Gasteiger partial charge on any atom is 0.211 e. The molecule has 1 N–H and O–H groups in total. The number of sulfonamides is 1. The van der Waals surface area contributed by atoms with Gasteiger partial charge >= 0.3 is 0 Å². The van der Waals surface area contributed by atoms with Gasteiger partial charge in [-0.25, -0.2) is 13.1 Å². The third-order valence-corrected chi connectivity index (χ3v) is 4.83. The van der Waals surface area contributed by atoms with Crippen LogP contribution in [0.25, 0.3) is 0 Å². The van der Waals surface area contributed by atoms with E-state index >= 15 is 0 Å². The van der Waals surface area contributed by atoms with Gasteiger partial charge in [-0.3, -0.25) is 0 Å². The summed E-state index contributed by atoms with van der Waals surface area (Å²) in [5.74, 6) is 0.218. The summed E-state index contributed by atoms with van der Waals surface area (Å²) in [6.45, 7) is 8.75. The predicted octanol–water partition coefficient (Wildman–Crippen LogP) is 2.91. The Bertz CT molecular complexity index is 283. The van der Waals surface area contributed by atoms with Crippen LogP contribution in [-0.2, 0) is 10.0 Å². The molecule has 0 aliphatic rings.